The van der Waals surface area contributed by atoms with Crippen molar-refractivity contribution in [3.8, 4) is 0 Å². The fourth-order valence-electron chi connectivity index (χ4n) is 2.48. The molecule has 0 aromatic carbocycles. The van der Waals surface area contributed by atoms with E-state index >= 15 is 0 Å². The summed E-state index contributed by atoms with van der Waals surface area (Å²) in [5.41, 5.74) is 0. The molecule has 0 aliphatic carbocycles. The van der Waals surface area contributed by atoms with Crippen molar-refractivity contribution in [3.05, 3.63) is 0 Å². The lowest BCUT2D eigenvalue weighted by molar-refractivity contribution is -0.147. The van der Waals surface area contributed by atoms with E-state index in [1.165, 1.54) is 21.6 Å². The smallest absolute Gasteiger partial charge is 0.328 e. The Balaban J connectivity index is 2.07. The highest BCUT2D eigenvalue weighted by atomic mass is 32.2. The molecule has 0 radical (unpaired) electrons. The molecule has 112 valence electrons. The van der Waals surface area contributed by atoms with E-state index in [1.807, 2.05) is 0 Å². The number of nitrogens with zero attached hydrogens (tertiary/aromatic N) is 2. The van der Waals surface area contributed by atoms with Crippen LogP contribution in [0.3, 0.4) is 0 Å². The predicted molar refractivity (Wildman–Crippen MR) is 72.3 cm³/mol. The zero-order valence-electron chi connectivity index (χ0n) is 11.3. The van der Waals surface area contributed by atoms with E-state index in [0.29, 0.717) is 24.6 Å². The summed E-state index contributed by atoms with van der Waals surface area (Å²) in [6.07, 6.45) is 1.30. The van der Waals surface area contributed by atoms with Gasteiger partial charge in [0.1, 0.15) is 12.1 Å². The minimum Gasteiger partial charge on any atom is -0.480 e. The molecular formula is C12H18N2O5S. The van der Waals surface area contributed by atoms with E-state index in [1.54, 1.807) is 6.92 Å². The monoisotopic (exact) mass is 302 g/mol. The van der Waals surface area contributed by atoms with Gasteiger partial charge in [-0.1, -0.05) is 0 Å². The lowest BCUT2D eigenvalue weighted by Crippen LogP contribution is -2.52. The molecule has 2 amide bonds. The Labute approximate surface area is 121 Å². The van der Waals surface area contributed by atoms with Gasteiger partial charge in [-0.25, -0.2) is 14.4 Å². The first-order valence-electron chi connectivity index (χ1n) is 6.60. The van der Waals surface area contributed by atoms with Crippen LogP contribution in [0.1, 0.15) is 19.8 Å². The molecule has 2 aliphatic heterocycles. The molecule has 1 N–H and O–H groups in total. The van der Waals surface area contributed by atoms with E-state index < -0.39 is 24.0 Å². The number of thioether (sulfide) groups is 1. The van der Waals surface area contributed by atoms with Crippen LogP contribution < -0.4 is 0 Å². The van der Waals surface area contributed by atoms with Crippen LogP contribution in [0.2, 0.25) is 0 Å². The van der Waals surface area contributed by atoms with Gasteiger partial charge in [-0.2, -0.15) is 0 Å². The van der Waals surface area contributed by atoms with Crippen molar-refractivity contribution in [3.63, 3.8) is 0 Å². The maximum atomic E-state index is 12.4. The third kappa shape index (κ3) is 2.84. The zero-order valence-corrected chi connectivity index (χ0v) is 12.1. The van der Waals surface area contributed by atoms with Crippen LogP contribution in [0.15, 0.2) is 0 Å². The quantitative estimate of drug-likeness (QED) is 0.768. The number of likely N-dealkylation sites (tertiary alicyclic amines) is 1. The number of esters is 1. The summed E-state index contributed by atoms with van der Waals surface area (Å²) >= 11 is 1.41. The Morgan fingerprint density at radius 1 is 1.30 bits per heavy atom. The van der Waals surface area contributed by atoms with Crippen molar-refractivity contribution in [2.45, 2.75) is 31.8 Å². The SMILES string of the molecule is CCOC(=O)C1CCCN1C(=O)N1CSC[C@H]1C(=O)O. The van der Waals surface area contributed by atoms with Gasteiger partial charge in [-0.3, -0.25) is 0 Å². The Bertz CT molecular complexity index is 417. The number of carboxylic acid groups (broad SMARTS) is 1. The molecule has 0 aromatic heterocycles. The number of amides is 2. The minimum absolute atomic E-state index is 0.273. The molecule has 0 spiro atoms. The van der Waals surface area contributed by atoms with E-state index in [9.17, 15) is 14.4 Å². The Kier molecular flexibility index (Phi) is 4.74. The average Bonchev–Trinajstić information content (AvgIpc) is 3.07. The van der Waals surface area contributed by atoms with Crippen molar-refractivity contribution in [2.75, 3.05) is 24.8 Å². The Hall–Kier alpha value is -1.44. The first-order chi connectivity index (χ1) is 9.56. The summed E-state index contributed by atoms with van der Waals surface area (Å²) in [4.78, 5) is 38.2. The molecule has 20 heavy (non-hydrogen) atoms. The number of ether oxygens (including phenoxy) is 1. The van der Waals surface area contributed by atoms with Gasteiger partial charge in [0, 0.05) is 12.3 Å². The highest BCUT2D eigenvalue weighted by molar-refractivity contribution is 7.99. The van der Waals surface area contributed by atoms with Crippen molar-refractivity contribution in [1.29, 1.82) is 0 Å². The van der Waals surface area contributed by atoms with Crippen LogP contribution >= 0.6 is 11.8 Å². The Morgan fingerprint density at radius 3 is 2.70 bits per heavy atom. The maximum Gasteiger partial charge on any atom is 0.328 e. The number of hydrogen-bond donors (Lipinski definition) is 1. The van der Waals surface area contributed by atoms with Crippen molar-refractivity contribution in [2.24, 2.45) is 0 Å². The van der Waals surface area contributed by atoms with Gasteiger partial charge in [0.15, 0.2) is 0 Å². The maximum absolute atomic E-state index is 12.4. The highest BCUT2D eigenvalue weighted by Gasteiger charge is 2.42. The molecule has 7 nitrogen and oxygen atoms in total. The fraction of sp³-hybridized carbons (Fsp3) is 0.750. The van der Waals surface area contributed by atoms with Crippen LogP contribution in [0.25, 0.3) is 0 Å². The highest BCUT2D eigenvalue weighted by Crippen LogP contribution is 2.26. The molecule has 2 heterocycles. The second-order valence-corrected chi connectivity index (χ2v) is 5.71. The third-order valence-corrected chi connectivity index (χ3v) is 4.48. The van der Waals surface area contributed by atoms with Gasteiger partial charge in [0.05, 0.1) is 12.5 Å². The number of urea groups is 1. The molecule has 2 atom stereocenters. The second kappa shape index (κ2) is 6.34. The van der Waals surface area contributed by atoms with E-state index in [2.05, 4.69) is 0 Å². The van der Waals surface area contributed by atoms with Gasteiger partial charge in [-0.15, -0.1) is 11.8 Å². The van der Waals surface area contributed by atoms with E-state index in [-0.39, 0.29) is 12.6 Å². The average molecular weight is 302 g/mol. The van der Waals surface area contributed by atoms with Crippen LogP contribution in [0, 0.1) is 0 Å². The van der Waals surface area contributed by atoms with Crippen molar-refractivity contribution >= 4 is 29.7 Å². The summed E-state index contributed by atoms with van der Waals surface area (Å²) in [6.45, 7) is 2.46. The van der Waals surface area contributed by atoms with Gasteiger partial charge in [-0.05, 0) is 19.8 Å². The van der Waals surface area contributed by atoms with Crippen LogP contribution in [-0.2, 0) is 14.3 Å². The summed E-state index contributed by atoms with van der Waals surface area (Å²) in [6, 6.07) is -1.77. The number of hydrogen-bond acceptors (Lipinski definition) is 5. The number of carbonyl (C=O) groups excluding carboxylic acids is 2. The normalized spacial score (nSPS) is 25.9. The van der Waals surface area contributed by atoms with Gasteiger partial charge < -0.3 is 19.6 Å². The minimum atomic E-state index is -1.00. The molecule has 2 rings (SSSR count). The standard InChI is InChI=1S/C12H18N2O5S/c1-2-19-11(17)8-4-3-5-13(8)12(18)14-7-20-6-9(14)10(15)16/h8-9H,2-7H2,1H3,(H,15,16)/t8?,9-/m0/s1. The van der Waals surface area contributed by atoms with Crippen molar-refractivity contribution in [1.82, 2.24) is 9.80 Å². The summed E-state index contributed by atoms with van der Waals surface area (Å²) in [5, 5.41) is 9.12. The summed E-state index contributed by atoms with van der Waals surface area (Å²) < 4.78 is 4.97. The fourth-order valence-corrected chi connectivity index (χ4v) is 3.62. The molecule has 2 fully saturated rings. The molecule has 0 saturated carbocycles. The number of aliphatic carboxylic acids is 1. The van der Waals surface area contributed by atoms with Gasteiger partial charge >= 0.3 is 18.0 Å². The predicted octanol–water partition coefficient (Wildman–Crippen LogP) is 0.593. The topological polar surface area (TPSA) is 87.2 Å². The molecule has 0 aromatic rings. The molecule has 2 saturated heterocycles. The summed E-state index contributed by atoms with van der Waals surface area (Å²) in [5.74, 6) is -0.673. The Morgan fingerprint density at radius 2 is 2.05 bits per heavy atom. The number of rotatable bonds is 3. The van der Waals surface area contributed by atoms with Crippen LogP contribution in [0.5, 0.6) is 0 Å². The first kappa shape index (κ1) is 15.0. The number of carbonyl (C=O) groups is 3. The molecule has 1 unspecified atom stereocenters. The van der Waals surface area contributed by atoms with Gasteiger partial charge in [0.2, 0.25) is 0 Å². The molecule has 2 aliphatic rings. The van der Waals surface area contributed by atoms with Gasteiger partial charge in [0.25, 0.3) is 0 Å². The molecule has 8 heteroatoms. The molecular weight excluding hydrogens is 284 g/mol. The first-order valence-corrected chi connectivity index (χ1v) is 7.76. The lowest BCUT2D eigenvalue weighted by Gasteiger charge is -2.29. The van der Waals surface area contributed by atoms with E-state index in [0.717, 1.165) is 6.42 Å². The molecule has 0 bridgehead atoms. The largest absolute Gasteiger partial charge is 0.480 e. The summed E-state index contributed by atoms with van der Waals surface area (Å²) in [7, 11) is 0. The zero-order chi connectivity index (χ0) is 14.7. The van der Waals surface area contributed by atoms with Crippen molar-refractivity contribution < 1.29 is 24.2 Å². The lowest BCUT2D eigenvalue weighted by atomic mass is 10.2. The van der Waals surface area contributed by atoms with Crippen LogP contribution in [0.4, 0.5) is 4.79 Å². The number of carboxylic acids is 1. The van der Waals surface area contributed by atoms with E-state index in [4.69, 9.17) is 9.84 Å². The third-order valence-electron chi connectivity index (χ3n) is 3.47. The second-order valence-electron chi connectivity index (χ2n) is 4.71. The van der Waals surface area contributed by atoms with Crippen LogP contribution in [-0.4, -0.2) is 69.7 Å².